The number of hydrogen-bond donors (Lipinski definition) is 1. The summed E-state index contributed by atoms with van der Waals surface area (Å²) in [5.41, 5.74) is 4.72. The van der Waals surface area contributed by atoms with E-state index in [1.165, 1.54) is 16.7 Å². The van der Waals surface area contributed by atoms with E-state index in [4.69, 9.17) is 0 Å². The highest BCUT2D eigenvalue weighted by atomic mass is 16.2. The Kier molecular flexibility index (Phi) is 5.98. The van der Waals surface area contributed by atoms with Gasteiger partial charge >= 0.3 is 0 Å². The monoisotopic (exact) mass is 390 g/mol. The molecule has 0 bridgehead atoms. The first-order valence-electron chi connectivity index (χ1n) is 10.8. The van der Waals surface area contributed by atoms with Crippen LogP contribution in [0.2, 0.25) is 0 Å². The third kappa shape index (κ3) is 4.52. The van der Waals surface area contributed by atoms with E-state index in [9.17, 15) is 9.59 Å². The largest absolute Gasteiger partial charge is 0.354 e. The zero-order valence-corrected chi connectivity index (χ0v) is 17.2. The van der Waals surface area contributed by atoms with Crippen LogP contribution >= 0.6 is 0 Å². The maximum absolute atomic E-state index is 13.0. The van der Waals surface area contributed by atoms with Crippen LogP contribution in [-0.4, -0.2) is 36.3 Å². The molecule has 29 heavy (non-hydrogen) atoms. The molecule has 0 spiro atoms. The molecule has 4 nitrogen and oxygen atoms in total. The standard InChI is InChI=1S/C25H30N2O2/c1-18-10-12-19(13-11-18)23-9-5-4-8-21(23)16-22-17-27(15-14-26-24(22)28)25(29)20-6-2-3-7-20/h4-5,8-13,20,22H,2-3,6-7,14-17H2,1H3,(H,26,28)/t22-/m1/s1. The molecule has 2 aromatic rings. The van der Waals surface area contributed by atoms with Gasteiger partial charge in [-0.3, -0.25) is 9.59 Å². The van der Waals surface area contributed by atoms with Crippen molar-refractivity contribution in [1.29, 1.82) is 0 Å². The van der Waals surface area contributed by atoms with Crippen molar-refractivity contribution in [3.05, 3.63) is 59.7 Å². The van der Waals surface area contributed by atoms with Crippen molar-refractivity contribution in [3.63, 3.8) is 0 Å². The normalized spacial score (nSPS) is 20.4. The number of amides is 2. The maximum Gasteiger partial charge on any atom is 0.225 e. The Morgan fingerprint density at radius 1 is 1.07 bits per heavy atom. The second kappa shape index (κ2) is 8.81. The summed E-state index contributed by atoms with van der Waals surface area (Å²) in [7, 11) is 0. The third-order valence-electron chi connectivity index (χ3n) is 6.35. The average molecular weight is 391 g/mol. The molecule has 2 aliphatic rings. The van der Waals surface area contributed by atoms with Crippen LogP contribution in [0.15, 0.2) is 48.5 Å². The minimum absolute atomic E-state index is 0.0606. The first-order chi connectivity index (χ1) is 14.1. The Bertz CT molecular complexity index is 869. The fourth-order valence-electron chi connectivity index (χ4n) is 4.67. The number of rotatable bonds is 4. The molecule has 1 saturated heterocycles. The molecule has 0 unspecified atom stereocenters. The van der Waals surface area contributed by atoms with E-state index < -0.39 is 0 Å². The van der Waals surface area contributed by atoms with E-state index in [-0.39, 0.29) is 23.7 Å². The summed E-state index contributed by atoms with van der Waals surface area (Å²) in [6.07, 6.45) is 4.93. The molecule has 1 aliphatic carbocycles. The Labute approximate surface area is 173 Å². The van der Waals surface area contributed by atoms with Crippen molar-refractivity contribution in [1.82, 2.24) is 10.2 Å². The lowest BCUT2D eigenvalue weighted by molar-refractivity contribution is -0.136. The highest BCUT2D eigenvalue weighted by Gasteiger charge is 2.32. The Morgan fingerprint density at radius 2 is 1.79 bits per heavy atom. The van der Waals surface area contributed by atoms with Gasteiger partial charge in [0.25, 0.3) is 0 Å². The van der Waals surface area contributed by atoms with Gasteiger partial charge in [-0.1, -0.05) is 66.9 Å². The quantitative estimate of drug-likeness (QED) is 0.859. The second-order valence-corrected chi connectivity index (χ2v) is 8.48. The van der Waals surface area contributed by atoms with Gasteiger partial charge in [0.1, 0.15) is 0 Å². The summed E-state index contributed by atoms with van der Waals surface area (Å²) in [6, 6.07) is 16.8. The predicted octanol–water partition coefficient (Wildman–Crippen LogP) is 3.97. The lowest BCUT2D eigenvalue weighted by atomic mass is 9.91. The van der Waals surface area contributed by atoms with Gasteiger partial charge in [-0.15, -0.1) is 0 Å². The lowest BCUT2D eigenvalue weighted by Gasteiger charge is -2.26. The number of nitrogens with zero attached hydrogens (tertiary/aromatic N) is 1. The first-order valence-corrected chi connectivity index (χ1v) is 10.8. The van der Waals surface area contributed by atoms with Gasteiger partial charge in [-0.25, -0.2) is 0 Å². The Balaban J connectivity index is 1.55. The fourth-order valence-corrected chi connectivity index (χ4v) is 4.67. The van der Waals surface area contributed by atoms with E-state index in [0.29, 0.717) is 26.1 Å². The summed E-state index contributed by atoms with van der Waals surface area (Å²) < 4.78 is 0. The molecule has 1 N–H and O–H groups in total. The van der Waals surface area contributed by atoms with Crippen molar-refractivity contribution >= 4 is 11.8 Å². The Morgan fingerprint density at radius 3 is 2.55 bits per heavy atom. The summed E-state index contributed by atoms with van der Waals surface area (Å²) in [4.78, 5) is 27.7. The number of carbonyl (C=O) groups excluding carboxylic acids is 2. The van der Waals surface area contributed by atoms with Crippen LogP contribution in [0.3, 0.4) is 0 Å². The van der Waals surface area contributed by atoms with E-state index in [0.717, 1.165) is 31.2 Å². The molecule has 0 radical (unpaired) electrons. The molecule has 2 amide bonds. The number of hydrogen-bond acceptors (Lipinski definition) is 2. The van der Waals surface area contributed by atoms with Gasteiger partial charge in [0.2, 0.25) is 11.8 Å². The maximum atomic E-state index is 13.0. The van der Waals surface area contributed by atoms with E-state index >= 15 is 0 Å². The average Bonchev–Trinajstić information content (AvgIpc) is 3.21. The van der Waals surface area contributed by atoms with Crippen molar-refractivity contribution in [2.75, 3.05) is 19.6 Å². The third-order valence-corrected chi connectivity index (χ3v) is 6.35. The van der Waals surface area contributed by atoms with Crippen LogP contribution in [0.4, 0.5) is 0 Å². The smallest absolute Gasteiger partial charge is 0.225 e. The van der Waals surface area contributed by atoms with Crippen molar-refractivity contribution in [2.45, 2.75) is 39.0 Å². The van der Waals surface area contributed by atoms with Gasteiger partial charge in [0.15, 0.2) is 0 Å². The number of benzene rings is 2. The minimum atomic E-state index is -0.213. The van der Waals surface area contributed by atoms with Crippen LogP contribution in [0.5, 0.6) is 0 Å². The topological polar surface area (TPSA) is 49.4 Å². The summed E-state index contributed by atoms with van der Waals surface area (Å²) in [5.74, 6) is 0.249. The van der Waals surface area contributed by atoms with Crippen molar-refractivity contribution in [3.8, 4) is 11.1 Å². The van der Waals surface area contributed by atoms with E-state index in [1.54, 1.807) is 0 Å². The molecule has 4 rings (SSSR count). The number of aryl methyl sites for hydroxylation is 1. The predicted molar refractivity (Wildman–Crippen MR) is 115 cm³/mol. The molecule has 1 heterocycles. The molecule has 1 aliphatic heterocycles. The van der Waals surface area contributed by atoms with Gasteiger partial charge in [0, 0.05) is 25.6 Å². The zero-order valence-electron chi connectivity index (χ0n) is 17.2. The SMILES string of the molecule is Cc1ccc(-c2ccccc2C[C@@H]2CN(C(=O)C3CCCC3)CCNC2=O)cc1. The number of carbonyl (C=O) groups is 2. The highest BCUT2D eigenvalue weighted by Crippen LogP contribution is 2.29. The van der Waals surface area contributed by atoms with Crippen LogP contribution in [0, 0.1) is 18.8 Å². The van der Waals surface area contributed by atoms with Crippen LogP contribution < -0.4 is 5.32 Å². The molecule has 2 fully saturated rings. The zero-order chi connectivity index (χ0) is 20.2. The summed E-state index contributed by atoms with van der Waals surface area (Å²) in [6.45, 7) is 3.77. The molecule has 2 aromatic carbocycles. The summed E-state index contributed by atoms with van der Waals surface area (Å²) >= 11 is 0. The van der Waals surface area contributed by atoms with E-state index in [2.05, 4.69) is 48.6 Å². The van der Waals surface area contributed by atoms with Gasteiger partial charge in [-0.05, 0) is 42.9 Å². The van der Waals surface area contributed by atoms with Crippen LogP contribution in [0.1, 0.15) is 36.8 Å². The Hall–Kier alpha value is -2.62. The molecule has 152 valence electrons. The van der Waals surface area contributed by atoms with Gasteiger partial charge in [-0.2, -0.15) is 0 Å². The molecular weight excluding hydrogens is 360 g/mol. The van der Waals surface area contributed by atoms with Crippen LogP contribution in [-0.2, 0) is 16.0 Å². The highest BCUT2D eigenvalue weighted by molar-refractivity contribution is 5.83. The molecule has 1 atom stereocenters. The molecule has 4 heteroatoms. The second-order valence-electron chi connectivity index (χ2n) is 8.48. The fraction of sp³-hybridized carbons (Fsp3) is 0.440. The summed E-state index contributed by atoms with van der Waals surface area (Å²) in [5, 5.41) is 3.02. The molecule has 1 saturated carbocycles. The number of nitrogens with one attached hydrogen (secondary N) is 1. The molecular formula is C25H30N2O2. The lowest BCUT2D eigenvalue weighted by Crippen LogP contribution is -2.40. The van der Waals surface area contributed by atoms with Crippen LogP contribution in [0.25, 0.3) is 11.1 Å². The van der Waals surface area contributed by atoms with Crippen molar-refractivity contribution < 1.29 is 9.59 Å². The van der Waals surface area contributed by atoms with Gasteiger partial charge < -0.3 is 10.2 Å². The first kappa shape index (κ1) is 19.7. The minimum Gasteiger partial charge on any atom is -0.354 e. The van der Waals surface area contributed by atoms with E-state index in [1.807, 2.05) is 17.0 Å². The van der Waals surface area contributed by atoms with Crippen molar-refractivity contribution in [2.24, 2.45) is 11.8 Å². The molecule has 0 aromatic heterocycles. The van der Waals surface area contributed by atoms with Gasteiger partial charge in [0.05, 0.1) is 5.92 Å².